The molecular formula is C36H39Cl2N5O3. The van der Waals surface area contributed by atoms with Crippen molar-refractivity contribution in [3.05, 3.63) is 98.0 Å². The van der Waals surface area contributed by atoms with Gasteiger partial charge in [-0.25, -0.2) is 0 Å². The molecule has 10 heteroatoms. The molecule has 3 unspecified atom stereocenters. The van der Waals surface area contributed by atoms with Crippen LogP contribution >= 0.6 is 23.2 Å². The summed E-state index contributed by atoms with van der Waals surface area (Å²) in [7, 11) is 0. The van der Waals surface area contributed by atoms with Crippen LogP contribution in [0.2, 0.25) is 10.0 Å². The van der Waals surface area contributed by atoms with Crippen molar-refractivity contribution in [2.24, 2.45) is 0 Å². The first-order chi connectivity index (χ1) is 22.1. The summed E-state index contributed by atoms with van der Waals surface area (Å²) in [5, 5.41) is 3.81. The Morgan fingerprint density at radius 2 is 1.65 bits per heavy atom. The van der Waals surface area contributed by atoms with Gasteiger partial charge in [-0.1, -0.05) is 46.5 Å². The molecule has 1 N–H and O–H groups in total. The number of piperazine rings is 2. The van der Waals surface area contributed by atoms with Crippen LogP contribution < -0.4 is 10.2 Å². The number of anilines is 1. The summed E-state index contributed by atoms with van der Waals surface area (Å²) in [5.41, 5.74) is 6.67. The van der Waals surface area contributed by atoms with Gasteiger partial charge in [0.1, 0.15) is 0 Å². The van der Waals surface area contributed by atoms with Crippen LogP contribution in [0.25, 0.3) is 0 Å². The Labute approximate surface area is 280 Å². The summed E-state index contributed by atoms with van der Waals surface area (Å²) >= 11 is 12.7. The fourth-order valence-electron chi connectivity index (χ4n) is 7.84. The van der Waals surface area contributed by atoms with Gasteiger partial charge in [0, 0.05) is 81.1 Å². The van der Waals surface area contributed by atoms with Crippen LogP contribution in [0.4, 0.5) is 5.69 Å². The highest BCUT2D eigenvalue weighted by molar-refractivity contribution is 6.42. The van der Waals surface area contributed by atoms with Crippen LogP contribution in [0.3, 0.4) is 0 Å². The summed E-state index contributed by atoms with van der Waals surface area (Å²) < 4.78 is 0. The minimum atomic E-state index is -0.319. The summed E-state index contributed by atoms with van der Waals surface area (Å²) in [4.78, 5) is 48.3. The lowest BCUT2D eigenvalue weighted by Crippen LogP contribution is -2.63. The molecule has 46 heavy (non-hydrogen) atoms. The number of amides is 3. The molecule has 8 rings (SSSR count). The van der Waals surface area contributed by atoms with Crippen molar-refractivity contribution in [2.45, 2.75) is 57.8 Å². The number of nitrogens with zero attached hydrogens (tertiary/aromatic N) is 4. The Bertz CT molecular complexity index is 1690. The third-order valence-corrected chi connectivity index (χ3v) is 10.9. The van der Waals surface area contributed by atoms with Crippen LogP contribution in [0.5, 0.6) is 0 Å². The van der Waals surface area contributed by atoms with E-state index in [9.17, 15) is 14.4 Å². The number of aryl methyl sites for hydroxylation is 2. The average Bonchev–Trinajstić information content (AvgIpc) is 3.43. The summed E-state index contributed by atoms with van der Waals surface area (Å²) in [6.45, 7) is 8.45. The number of piperidine rings is 2. The normalized spacial score (nSPS) is 22.7. The van der Waals surface area contributed by atoms with Gasteiger partial charge in [0.2, 0.25) is 5.91 Å². The molecule has 0 radical (unpaired) electrons. The zero-order valence-corrected chi connectivity index (χ0v) is 27.8. The number of rotatable bonds is 6. The van der Waals surface area contributed by atoms with Crippen molar-refractivity contribution >= 4 is 46.6 Å². The van der Waals surface area contributed by atoms with E-state index in [-0.39, 0.29) is 23.8 Å². The van der Waals surface area contributed by atoms with Gasteiger partial charge in [-0.15, -0.1) is 0 Å². The highest BCUT2D eigenvalue weighted by atomic mass is 35.5. The minimum Gasteiger partial charge on any atom is -0.366 e. The molecule has 240 valence electrons. The Kier molecular flexibility index (Phi) is 8.46. The lowest BCUT2D eigenvalue weighted by molar-refractivity contribution is -0.136. The Morgan fingerprint density at radius 3 is 2.39 bits per heavy atom. The predicted molar refractivity (Wildman–Crippen MR) is 181 cm³/mol. The van der Waals surface area contributed by atoms with E-state index < -0.39 is 0 Å². The number of nitrogens with one attached hydrogen (secondary N) is 1. The van der Waals surface area contributed by atoms with E-state index in [0.717, 1.165) is 53.7 Å². The number of benzene rings is 3. The number of carbonyl (C=O) groups excluding carboxylic acids is 3. The van der Waals surface area contributed by atoms with Gasteiger partial charge in [-0.3, -0.25) is 19.3 Å². The zero-order valence-electron chi connectivity index (χ0n) is 26.3. The number of hydrogen-bond donors (Lipinski definition) is 1. The number of carbonyl (C=O) groups is 3. The first kappa shape index (κ1) is 31.0. The largest absolute Gasteiger partial charge is 0.366 e. The second-order valence-electron chi connectivity index (χ2n) is 13.2. The lowest BCUT2D eigenvalue weighted by atomic mass is 9.89. The minimum absolute atomic E-state index is 0.00771. The SMILES string of the molecule is Cc1cc(C)cc(C(=O)N2CCN(C(=O)CCN3CC4CCC3CN4c3ccc4c(c3)CNC4=O)C(c3ccc(Cl)c(Cl)c3)C2)c1. The molecule has 3 atom stereocenters. The van der Waals surface area contributed by atoms with Crippen molar-refractivity contribution in [2.75, 3.05) is 44.2 Å². The van der Waals surface area contributed by atoms with Crippen molar-refractivity contribution in [1.82, 2.24) is 20.0 Å². The van der Waals surface area contributed by atoms with E-state index in [1.165, 1.54) is 5.69 Å². The fraction of sp³-hybridized carbons (Fsp3) is 0.417. The monoisotopic (exact) mass is 659 g/mol. The molecule has 3 amide bonds. The molecule has 8 nitrogen and oxygen atoms in total. The van der Waals surface area contributed by atoms with E-state index in [1.807, 2.05) is 54.0 Å². The van der Waals surface area contributed by atoms with E-state index in [4.69, 9.17) is 23.2 Å². The summed E-state index contributed by atoms with van der Waals surface area (Å²) in [5.74, 6) is 0.0704. The molecule has 3 aromatic carbocycles. The van der Waals surface area contributed by atoms with Gasteiger partial charge in [-0.2, -0.15) is 0 Å². The molecule has 4 fully saturated rings. The van der Waals surface area contributed by atoms with Gasteiger partial charge >= 0.3 is 0 Å². The number of halogens is 2. The lowest BCUT2D eigenvalue weighted by Gasteiger charge is -2.52. The number of hydrogen-bond acceptors (Lipinski definition) is 5. The number of fused-ring (bicyclic) bond motifs is 4. The fourth-order valence-corrected chi connectivity index (χ4v) is 8.14. The standard InChI is InChI=1S/C36H39Cl2N5O3/c1-22-13-23(2)15-25(14-22)36(46)41-11-12-42(33(21-41)24-3-8-31(37)32(38)17-24)34(44)9-10-40-19-29-5-4-28(40)20-43(29)27-6-7-30-26(16-27)18-39-35(30)45/h3,6-8,13-17,28-29,33H,4-5,9-12,18-21H2,1-2H3,(H,39,45). The molecule has 0 aromatic heterocycles. The molecule has 5 aliphatic heterocycles. The highest BCUT2D eigenvalue weighted by Gasteiger charge is 2.40. The first-order valence-electron chi connectivity index (χ1n) is 16.2. The molecule has 0 saturated carbocycles. The summed E-state index contributed by atoms with van der Waals surface area (Å²) in [6.07, 6.45) is 2.66. The van der Waals surface area contributed by atoms with Crippen molar-refractivity contribution in [3.8, 4) is 0 Å². The molecule has 5 aliphatic rings. The Hall–Kier alpha value is -3.59. The van der Waals surface area contributed by atoms with E-state index in [0.29, 0.717) is 66.8 Å². The van der Waals surface area contributed by atoms with Crippen LogP contribution in [-0.4, -0.2) is 83.8 Å². The zero-order chi connectivity index (χ0) is 32.1. The third kappa shape index (κ3) is 5.98. The van der Waals surface area contributed by atoms with Crippen LogP contribution in [0.1, 0.15) is 68.3 Å². The molecule has 0 aliphatic carbocycles. The van der Waals surface area contributed by atoms with Gasteiger partial charge in [0.15, 0.2) is 0 Å². The van der Waals surface area contributed by atoms with Crippen molar-refractivity contribution in [3.63, 3.8) is 0 Å². The predicted octanol–water partition coefficient (Wildman–Crippen LogP) is 5.62. The molecular weight excluding hydrogens is 621 g/mol. The van der Waals surface area contributed by atoms with E-state index in [1.54, 1.807) is 6.07 Å². The van der Waals surface area contributed by atoms with Gasteiger partial charge in [0.05, 0.1) is 16.1 Å². The van der Waals surface area contributed by atoms with Gasteiger partial charge in [-0.05, 0) is 80.3 Å². The van der Waals surface area contributed by atoms with Crippen molar-refractivity contribution < 1.29 is 14.4 Å². The molecule has 3 aromatic rings. The Balaban J connectivity index is 1.03. The van der Waals surface area contributed by atoms with E-state index >= 15 is 0 Å². The summed E-state index contributed by atoms with van der Waals surface area (Å²) in [6, 6.07) is 18.0. The quantitative estimate of drug-likeness (QED) is 0.372. The maximum absolute atomic E-state index is 13.9. The van der Waals surface area contributed by atoms with Gasteiger partial charge < -0.3 is 20.0 Å². The molecule has 2 bridgehead atoms. The molecule has 0 spiro atoms. The topological polar surface area (TPSA) is 76.2 Å². The molecule has 5 heterocycles. The second-order valence-corrected chi connectivity index (χ2v) is 14.0. The smallest absolute Gasteiger partial charge is 0.254 e. The average molecular weight is 661 g/mol. The maximum Gasteiger partial charge on any atom is 0.254 e. The van der Waals surface area contributed by atoms with Crippen LogP contribution in [-0.2, 0) is 11.3 Å². The van der Waals surface area contributed by atoms with Crippen LogP contribution in [0, 0.1) is 13.8 Å². The second kappa shape index (κ2) is 12.5. The third-order valence-electron chi connectivity index (χ3n) is 10.1. The molecule has 4 saturated heterocycles. The van der Waals surface area contributed by atoms with Gasteiger partial charge in [0.25, 0.3) is 11.8 Å². The Morgan fingerprint density at radius 1 is 0.870 bits per heavy atom. The van der Waals surface area contributed by atoms with E-state index in [2.05, 4.69) is 33.3 Å². The van der Waals surface area contributed by atoms with Crippen molar-refractivity contribution in [1.29, 1.82) is 0 Å². The first-order valence-corrected chi connectivity index (χ1v) is 16.9. The highest BCUT2D eigenvalue weighted by Crippen LogP contribution is 2.35. The van der Waals surface area contributed by atoms with Crippen LogP contribution in [0.15, 0.2) is 54.6 Å². The maximum atomic E-state index is 13.9.